The summed E-state index contributed by atoms with van der Waals surface area (Å²) in [7, 11) is 0. The van der Waals surface area contributed by atoms with Crippen molar-refractivity contribution in [3.63, 3.8) is 0 Å². The first kappa shape index (κ1) is 18.4. The van der Waals surface area contributed by atoms with E-state index in [9.17, 15) is 10.1 Å². The number of rotatable bonds is 4. The Kier molecular flexibility index (Phi) is 5.49. The quantitative estimate of drug-likeness (QED) is 0.560. The Labute approximate surface area is 163 Å². The first-order chi connectivity index (χ1) is 11.9. The average molecular weight is 419 g/mol. The number of anilines is 1. The minimum atomic E-state index is -1.82. The summed E-state index contributed by atoms with van der Waals surface area (Å²) in [5, 5.41) is 15.7. The molecule has 0 aromatic carbocycles. The lowest BCUT2D eigenvalue weighted by Gasteiger charge is -2.26. The second-order valence-electron chi connectivity index (χ2n) is 5.60. The van der Waals surface area contributed by atoms with Crippen LogP contribution in [-0.2, 0) is 12.8 Å². The maximum absolute atomic E-state index is 12.2. The number of fused-ring (bicyclic) bond motifs is 1. The standard InChI is InChI=1S/C16H14Cl3N3O2S/c17-16(18,19)15(21-13(23)11-5-3-7-24-11)22-14-10(8-20)9-4-1-2-6-12(9)25-14/h3,5,7,15,22H,1-2,4,6H2,(H,21,23). The SMILES string of the molecule is N#Cc1c(NC(NC(=O)c2ccco2)C(Cl)(Cl)Cl)sc2c1CCCC2. The third kappa shape index (κ3) is 4.06. The number of nitrogens with one attached hydrogen (secondary N) is 2. The highest BCUT2D eigenvalue weighted by atomic mass is 35.6. The number of carbonyl (C=O) groups excluding carboxylic acids is 1. The third-order valence-corrected chi connectivity index (χ3v) is 5.78. The van der Waals surface area contributed by atoms with Crippen molar-refractivity contribution in [2.24, 2.45) is 0 Å². The predicted octanol–water partition coefficient (Wildman–Crippen LogP) is 4.63. The predicted molar refractivity (Wildman–Crippen MR) is 99.6 cm³/mol. The molecule has 1 aliphatic rings. The normalized spacial score (nSPS) is 15.1. The number of nitriles is 1. The van der Waals surface area contributed by atoms with E-state index in [-0.39, 0.29) is 5.76 Å². The second-order valence-corrected chi connectivity index (χ2v) is 9.07. The van der Waals surface area contributed by atoms with Crippen molar-refractivity contribution in [1.29, 1.82) is 5.26 Å². The lowest BCUT2D eigenvalue weighted by molar-refractivity contribution is 0.0914. The molecule has 0 saturated carbocycles. The van der Waals surface area contributed by atoms with Gasteiger partial charge in [0.1, 0.15) is 17.2 Å². The summed E-state index contributed by atoms with van der Waals surface area (Å²) in [4.78, 5) is 13.4. The van der Waals surface area contributed by atoms with Crippen molar-refractivity contribution in [2.75, 3.05) is 5.32 Å². The largest absolute Gasteiger partial charge is 0.459 e. The summed E-state index contributed by atoms with van der Waals surface area (Å²) in [6.45, 7) is 0. The van der Waals surface area contributed by atoms with E-state index in [0.717, 1.165) is 31.2 Å². The van der Waals surface area contributed by atoms with Crippen LogP contribution in [0, 0.1) is 11.3 Å². The molecular weight excluding hydrogens is 405 g/mol. The summed E-state index contributed by atoms with van der Waals surface area (Å²) in [6, 6.07) is 5.33. The fraction of sp³-hybridized carbons (Fsp3) is 0.375. The van der Waals surface area contributed by atoms with E-state index in [0.29, 0.717) is 10.6 Å². The Morgan fingerprint density at radius 1 is 1.36 bits per heavy atom. The Balaban J connectivity index is 1.85. The van der Waals surface area contributed by atoms with Crippen LogP contribution in [0.3, 0.4) is 0 Å². The molecule has 1 amide bonds. The molecule has 9 heteroatoms. The Morgan fingerprint density at radius 3 is 2.76 bits per heavy atom. The van der Waals surface area contributed by atoms with Gasteiger partial charge < -0.3 is 15.1 Å². The number of aryl methyl sites for hydroxylation is 1. The van der Waals surface area contributed by atoms with Crippen LogP contribution in [0.1, 0.15) is 39.4 Å². The molecule has 1 aliphatic carbocycles. The maximum Gasteiger partial charge on any atom is 0.288 e. The van der Waals surface area contributed by atoms with Gasteiger partial charge in [0.05, 0.1) is 11.8 Å². The van der Waals surface area contributed by atoms with Crippen LogP contribution in [0.4, 0.5) is 5.00 Å². The summed E-state index contributed by atoms with van der Waals surface area (Å²) < 4.78 is 3.23. The van der Waals surface area contributed by atoms with Gasteiger partial charge in [-0.1, -0.05) is 34.8 Å². The highest BCUT2D eigenvalue weighted by Gasteiger charge is 2.36. The summed E-state index contributed by atoms with van der Waals surface area (Å²) >= 11 is 19.5. The molecule has 0 spiro atoms. The zero-order valence-electron chi connectivity index (χ0n) is 12.9. The molecule has 2 heterocycles. The van der Waals surface area contributed by atoms with E-state index in [2.05, 4.69) is 16.7 Å². The Morgan fingerprint density at radius 2 is 2.12 bits per heavy atom. The number of hydrogen-bond acceptors (Lipinski definition) is 5. The van der Waals surface area contributed by atoms with E-state index in [1.54, 1.807) is 6.07 Å². The first-order valence-corrected chi connectivity index (χ1v) is 9.57. The van der Waals surface area contributed by atoms with Crippen molar-refractivity contribution in [2.45, 2.75) is 35.6 Å². The van der Waals surface area contributed by atoms with Gasteiger partial charge in [0, 0.05) is 4.88 Å². The molecule has 0 radical (unpaired) electrons. The lowest BCUT2D eigenvalue weighted by atomic mass is 9.96. The molecule has 0 bridgehead atoms. The van der Waals surface area contributed by atoms with Crippen LogP contribution in [0.2, 0.25) is 0 Å². The van der Waals surface area contributed by atoms with Crippen LogP contribution in [0.5, 0.6) is 0 Å². The fourth-order valence-corrected chi connectivity index (χ4v) is 4.32. The van der Waals surface area contributed by atoms with Gasteiger partial charge in [-0.25, -0.2) is 0 Å². The summed E-state index contributed by atoms with van der Waals surface area (Å²) in [5.74, 6) is -0.416. The van der Waals surface area contributed by atoms with Gasteiger partial charge in [-0.2, -0.15) is 5.26 Å². The summed E-state index contributed by atoms with van der Waals surface area (Å²) in [5.41, 5.74) is 1.62. The Hall–Kier alpha value is -1.39. The Bertz CT molecular complexity index is 806. The van der Waals surface area contributed by atoms with Crippen LogP contribution in [0.15, 0.2) is 22.8 Å². The lowest BCUT2D eigenvalue weighted by Crippen LogP contribution is -2.49. The van der Waals surface area contributed by atoms with Crippen molar-refractivity contribution in [3.8, 4) is 6.07 Å². The van der Waals surface area contributed by atoms with Gasteiger partial charge in [0.25, 0.3) is 5.91 Å². The average Bonchev–Trinajstić information content (AvgIpc) is 3.20. The number of alkyl halides is 3. The van der Waals surface area contributed by atoms with Gasteiger partial charge in [-0.05, 0) is 43.4 Å². The van der Waals surface area contributed by atoms with Gasteiger partial charge in [0.15, 0.2) is 5.76 Å². The van der Waals surface area contributed by atoms with Crippen molar-refractivity contribution < 1.29 is 9.21 Å². The number of nitrogens with zero attached hydrogens (tertiary/aromatic N) is 1. The van der Waals surface area contributed by atoms with Crippen LogP contribution < -0.4 is 10.6 Å². The van der Waals surface area contributed by atoms with Crippen LogP contribution >= 0.6 is 46.1 Å². The molecule has 132 valence electrons. The number of furan rings is 1. The number of halogens is 3. The maximum atomic E-state index is 12.2. The molecular formula is C16H14Cl3N3O2S. The molecule has 2 aromatic heterocycles. The highest BCUT2D eigenvalue weighted by Crippen LogP contribution is 2.40. The van der Waals surface area contributed by atoms with Crippen LogP contribution in [0.25, 0.3) is 0 Å². The van der Waals surface area contributed by atoms with Gasteiger partial charge in [-0.15, -0.1) is 11.3 Å². The van der Waals surface area contributed by atoms with Crippen molar-refractivity contribution in [1.82, 2.24) is 5.32 Å². The van der Waals surface area contributed by atoms with Gasteiger partial charge in [0.2, 0.25) is 3.79 Å². The van der Waals surface area contributed by atoms with Gasteiger partial charge >= 0.3 is 0 Å². The summed E-state index contributed by atoms with van der Waals surface area (Å²) in [6.07, 6.45) is 4.32. The molecule has 1 atom stereocenters. The zero-order chi connectivity index (χ0) is 18.0. The number of thiophene rings is 1. The zero-order valence-corrected chi connectivity index (χ0v) is 16.0. The molecule has 1 unspecified atom stereocenters. The van der Waals surface area contributed by atoms with Crippen molar-refractivity contribution >= 4 is 57.0 Å². The fourth-order valence-electron chi connectivity index (χ4n) is 2.73. The third-order valence-electron chi connectivity index (χ3n) is 3.91. The van der Waals surface area contributed by atoms with Crippen LogP contribution in [-0.4, -0.2) is 15.9 Å². The minimum Gasteiger partial charge on any atom is -0.459 e. The monoisotopic (exact) mass is 417 g/mol. The van der Waals surface area contributed by atoms with E-state index < -0.39 is 15.9 Å². The molecule has 2 aromatic rings. The second kappa shape index (κ2) is 7.46. The molecule has 5 nitrogen and oxygen atoms in total. The molecule has 0 saturated heterocycles. The molecule has 25 heavy (non-hydrogen) atoms. The number of carbonyl (C=O) groups is 1. The van der Waals surface area contributed by atoms with Crippen molar-refractivity contribution in [3.05, 3.63) is 40.2 Å². The van der Waals surface area contributed by atoms with E-state index in [1.807, 2.05) is 0 Å². The number of amides is 1. The van der Waals surface area contributed by atoms with Gasteiger partial charge in [-0.3, -0.25) is 4.79 Å². The van der Waals surface area contributed by atoms with E-state index >= 15 is 0 Å². The topological polar surface area (TPSA) is 78.1 Å². The molecule has 2 N–H and O–H groups in total. The van der Waals surface area contributed by atoms with E-state index in [4.69, 9.17) is 39.2 Å². The van der Waals surface area contributed by atoms with E-state index in [1.165, 1.54) is 28.5 Å². The first-order valence-electron chi connectivity index (χ1n) is 7.62. The molecule has 3 rings (SSSR count). The number of hydrogen-bond donors (Lipinski definition) is 2. The highest BCUT2D eigenvalue weighted by molar-refractivity contribution is 7.16. The smallest absolute Gasteiger partial charge is 0.288 e. The molecule has 0 aliphatic heterocycles. The molecule has 0 fully saturated rings. The minimum absolute atomic E-state index is 0.104.